The lowest BCUT2D eigenvalue weighted by Gasteiger charge is -2.12. The van der Waals surface area contributed by atoms with Gasteiger partial charge in [0.1, 0.15) is 0 Å². The zero-order valence-corrected chi connectivity index (χ0v) is 22.3. The van der Waals surface area contributed by atoms with E-state index in [0.717, 1.165) is 33.5 Å². The molecule has 0 saturated heterocycles. The summed E-state index contributed by atoms with van der Waals surface area (Å²) in [5.74, 6) is 0.664. The molecule has 0 saturated carbocycles. The Morgan fingerprint density at radius 3 is 1.63 bits per heavy atom. The van der Waals surface area contributed by atoms with Crippen LogP contribution in [0.3, 0.4) is 0 Å². The Bertz CT molecular complexity index is 2120. The molecule has 0 aliphatic carbocycles. The van der Waals surface area contributed by atoms with Crippen LogP contribution in [0.5, 0.6) is 0 Å². The van der Waals surface area contributed by atoms with Gasteiger partial charge in [0, 0.05) is 21.9 Å². The van der Waals surface area contributed by atoms with Crippen molar-refractivity contribution in [1.29, 1.82) is 0 Å². The second kappa shape index (κ2) is 9.58. The summed E-state index contributed by atoms with van der Waals surface area (Å²) in [6.45, 7) is 0. The molecule has 0 N–H and O–H groups in total. The Morgan fingerprint density at radius 2 is 0.976 bits per heavy atom. The third-order valence-corrected chi connectivity index (χ3v) is 7.81. The summed E-state index contributed by atoms with van der Waals surface area (Å²) in [6.07, 6.45) is 0. The van der Waals surface area contributed by atoms with Gasteiger partial charge in [-0.1, -0.05) is 127 Å². The van der Waals surface area contributed by atoms with Crippen LogP contribution in [0, 0.1) is 0 Å². The van der Waals surface area contributed by atoms with Gasteiger partial charge < -0.3 is 0 Å². The van der Waals surface area contributed by atoms with E-state index in [4.69, 9.17) is 9.97 Å². The highest BCUT2D eigenvalue weighted by Gasteiger charge is 2.18. The van der Waals surface area contributed by atoms with E-state index in [1.165, 1.54) is 32.7 Å². The minimum atomic E-state index is 0.664. The van der Waals surface area contributed by atoms with Crippen molar-refractivity contribution in [2.24, 2.45) is 0 Å². The number of aromatic nitrogens is 3. The Morgan fingerprint density at radius 1 is 0.390 bits per heavy atom. The maximum Gasteiger partial charge on any atom is 0.235 e. The van der Waals surface area contributed by atoms with Gasteiger partial charge >= 0.3 is 0 Å². The number of hydrogen-bond acceptors (Lipinski definition) is 2. The molecular weight excluding hydrogens is 498 g/mol. The van der Waals surface area contributed by atoms with Crippen LogP contribution in [-0.4, -0.2) is 14.5 Å². The average Bonchev–Trinajstić information content (AvgIpc) is 3.40. The minimum Gasteiger partial charge on any atom is -0.278 e. The van der Waals surface area contributed by atoms with Gasteiger partial charge in [-0.15, -0.1) is 0 Å². The molecule has 6 aromatic carbocycles. The topological polar surface area (TPSA) is 30.7 Å². The third kappa shape index (κ3) is 3.98. The van der Waals surface area contributed by atoms with Gasteiger partial charge in [0.2, 0.25) is 5.95 Å². The monoisotopic (exact) mass is 523 g/mol. The molecule has 3 nitrogen and oxygen atoms in total. The number of benzene rings is 6. The summed E-state index contributed by atoms with van der Waals surface area (Å²) in [6, 6.07) is 53.1. The molecule has 0 fully saturated rings. The van der Waals surface area contributed by atoms with E-state index >= 15 is 0 Å². The van der Waals surface area contributed by atoms with Crippen molar-refractivity contribution in [3.05, 3.63) is 152 Å². The first kappa shape index (κ1) is 23.4. The number of para-hydroxylation sites is 1. The summed E-state index contributed by atoms with van der Waals surface area (Å²) in [5.41, 5.74) is 8.54. The molecule has 0 unspecified atom stereocenters. The standard InChI is InChI=1S/C38H25N3/c1-4-12-26(13-5-1)29-20-22-31-30(24-29)21-23-36-37(31)32-18-10-11-19-35(32)41(36)38-39-33(27-14-6-2-7-15-27)25-34(40-38)28-16-8-3-9-17-28/h1-25H. The van der Waals surface area contributed by atoms with Crippen molar-refractivity contribution >= 4 is 32.6 Å². The van der Waals surface area contributed by atoms with Crippen molar-refractivity contribution in [3.8, 4) is 39.6 Å². The maximum absolute atomic E-state index is 5.16. The number of rotatable bonds is 4. The SMILES string of the molecule is c1ccc(-c2ccc3c(ccc4c3c3ccccc3n4-c3nc(-c4ccccc4)cc(-c4ccccc4)n3)c2)cc1. The van der Waals surface area contributed by atoms with Crippen molar-refractivity contribution < 1.29 is 0 Å². The highest BCUT2D eigenvalue weighted by atomic mass is 15.2. The third-order valence-electron chi connectivity index (χ3n) is 7.81. The van der Waals surface area contributed by atoms with Crippen LogP contribution in [0.2, 0.25) is 0 Å². The first-order chi connectivity index (χ1) is 20.3. The van der Waals surface area contributed by atoms with Crippen LogP contribution >= 0.6 is 0 Å². The van der Waals surface area contributed by atoms with Gasteiger partial charge in [0.05, 0.1) is 22.4 Å². The highest BCUT2D eigenvalue weighted by molar-refractivity contribution is 6.21. The van der Waals surface area contributed by atoms with Gasteiger partial charge in [-0.05, 0) is 46.2 Å². The molecule has 0 aliphatic heterocycles. The molecule has 8 aromatic rings. The van der Waals surface area contributed by atoms with E-state index in [9.17, 15) is 0 Å². The molecule has 0 bridgehead atoms. The van der Waals surface area contributed by atoms with E-state index in [-0.39, 0.29) is 0 Å². The van der Waals surface area contributed by atoms with Gasteiger partial charge in [-0.25, -0.2) is 9.97 Å². The molecule has 0 radical (unpaired) electrons. The normalized spacial score (nSPS) is 11.4. The first-order valence-electron chi connectivity index (χ1n) is 13.9. The van der Waals surface area contributed by atoms with Gasteiger partial charge in [0.15, 0.2) is 0 Å². The Balaban J connectivity index is 1.41. The van der Waals surface area contributed by atoms with Gasteiger partial charge in [-0.3, -0.25) is 4.57 Å². The highest BCUT2D eigenvalue weighted by Crippen LogP contribution is 2.38. The fourth-order valence-corrected chi connectivity index (χ4v) is 5.87. The largest absolute Gasteiger partial charge is 0.278 e. The maximum atomic E-state index is 5.16. The van der Waals surface area contributed by atoms with E-state index in [1.807, 2.05) is 12.1 Å². The van der Waals surface area contributed by atoms with Crippen molar-refractivity contribution in [2.45, 2.75) is 0 Å². The molecule has 0 spiro atoms. The lowest BCUT2D eigenvalue weighted by Crippen LogP contribution is -2.03. The quantitative estimate of drug-likeness (QED) is 0.230. The fourth-order valence-electron chi connectivity index (χ4n) is 5.87. The molecule has 192 valence electrons. The lowest BCUT2D eigenvalue weighted by atomic mass is 9.98. The summed E-state index contributed by atoms with van der Waals surface area (Å²) >= 11 is 0. The Hall–Kier alpha value is -5.54. The Labute approximate surface area is 238 Å². The second-order valence-electron chi connectivity index (χ2n) is 10.3. The molecule has 8 rings (SSSR count). The van der Waals surface area contributed by atoms with Crippen LogP contribution in [0.4, 0.5) is 0 Å². The average molecular weight is 524 g/mol. The molecular formula is C38H25N3. The smallest absolute Gasteiger partial charge is 0.235 e. The number of hydrogen-bond donors (Lipinski definition) is 0. The van der Waals surface area contributed by atoms with Crippen LogP contribution in [0.15, 0.2) is 152 Å². The van der Waals surface area contributed by atoms with Crippen molar-refractivity contribution in [1.82, 2.24) is 14.5 Å². The van der Waals surface area contributed by atoms with Crippen molar-refractivity contribution in [3.63, 3.8) is 0 Å². The molecule has 0 atom stereocenters. The van der Waals surface area contributed by atoms with Crippen LogP contribution in [0.1, 0.15) is 0 Å². The van der Waals surface area contributed by atoms with Crippen LogP contribution in [0.25, 0.3) is 72.2 Å². The summed E-state index contributed by atoms with van der Waals surface area (Å²) in [7, 11) is 0. The number of nitrogens with zero attached hydrogens (tertiary/aromatic N) is 3. The molecule has 2 heterocycles. The van der Waals surface area contributed by atoms with Crippen LogP contribution < -0.4 is 0 Å². The van der Waals surface area contributed by atoms with E-state index < -0.39 is 0 Å². The molecule has 0 aliphatic rings. The van der Waals surface area contributed by atoms with Crippen molar-refractivity contribution in [2.75, 3.05) is 0 Å². The van der Waals surface area contributed by atoms with Gasteiger partial charge in [0.25, 0.3) is 0 Å². The van der Waals surface area contributed by atoms with Gasteiger partial charge in [-0.2, -0.15) is 0 Å². The summed E-state index contributed by atoms with van der Waals surface area (Å²) < 4.78 is 2.22. The van der Waals surface area contributed by atoms with Crippen LogP contribution in [-0.2, 0) is 0 Å². The predicted octanol–water partition coefficient (Wildman–Crippen LogP) is 9.73. The van der Waals surface area contributed by atoms with E-state index in [2.05, 4.69) is 144 Å². The molecule has 0 amide bonds. The summed E-state index contributed by atoms with van der Waals surface area (Å²) in [5, 5.41) is 4.84. The fraction of sp³-hybridized carbons (Fsp3) is 0. The molecule has 2 aromatic heterocycles. The van der Waals surface area contributed by atoms with E-state index in [1.54, 1.807) is 0 Å². The minimum absolute atomic E-state index is 0.664. The first-order valence-corrected chi connectivity index (χ1v) is 13.9. The second-order valence-corrected chi connectivity index (χ2v) is 10.3. The van der Waals surface area contributed by atoms with E-state index in [0.29, 0.717) is 5.95 Å². The predicted molar refractivity (Wildman–Crippen MR) is 170 cm³/mol. The summed E-state index contributed by atoms with van der Waals surface area (Å²) in [4.78, 5) is 10.3. The Kier molecular flexibility index (Phi) is 5.46. The zero-order chi connectivity index (χ0) is 27.2. The molecule has 41 heavy (non-hydrogen) atoms. The molecule has 3 heteroatoms. The zero-order valence-electron chi connectivity index (χ0n) is 22.3. The lowest BCUT2D eigenvalue weighted by molar-refractivity contribution is 0.996. The number of fused-ring (bicyclic) bond motifs is 5.